The summed E-state index contributed by atoms with van der Waals surface area (Å²) in [6.07, 6.45) is 0.303. The van der Waals surface area contributed by atoms with Gasteiger partial charge in [0.2, 0.25) is 0 Å². The van der Waals surface area contributed by atoms with Crippen LogP contribution in [0.2, 0.25) is 0 Å². The van der Waals surface area contributed by atoms with E-state index in [1.807, 2.05) is 6.92 Å². The van der Waals surface area contributed by atoms with E-state index in [9.17, 15) is 0 Å². The minimum absolute atomic E-state index is 0.303. The van der Waals surface area contributed by atoms with Crippen molar-refractivity contribution in [3.63, 3.8) is 0 Å². The van der Waals surface area contributed by atoms with E-state index in [4.69, 9.17) is 9.47 Å². The largest absolute Gasteiger partial charge is 0.377 e. The third-order valence-corrected chi connectivity index (χ3v) is 2.63. The summed E-state index contributed by atoms with van der Waals surface area (Å²) in [6, 6.07) is 8.39. The van der Waals surface area contributed by atoms with Gasteiger partial charge in [-0.25, -0.2) is 0 Å². The lowest BCUT2D eigenvalue weighted by molar-refractivity contribution is 0.0806. The first kappa shape index (κ1) is 15.2. The van der Waals surface area contributed by atoms with E-state index in [1.165, 1.54) is 11.1 Å². The Morgan fingerprint density at radius 3 is 2.56 bits per heavy atom. The third-order valence-electron chi connectivity index (χ3n) is 2.63. The van der Waals surface area contributed by atoms with Crippen molar-refractivity contribution in [1.82, 2.24) is 5.32 Å². The standard InChI is InChI=1S/C15H25NO2/c1-4-17-12-15-8-6-5-7-14(15)11-16-9-10-18-13(2)3/h5-8,13,16H,4,9-12H2,1-3H3. The van der Waals surface area contributed by atoms with E-state index in [0.29, 0.717) is 12.7 Å². The molecule has 0 aromatic heterocycles. The fraction of sp³-hybridized carbons (Fsp3) is 0.600. The van der Waals surface area contributed by atoms with E-state index in [-0.39, 0.29) is 0 Å². The van der Waals surface area contributed by atoms with Gasteiger partial charge >= 0.3 is 0 Å². The Hall–Kier alpha value is -0.900. The van der Waals surface area contributed by atoms with Crippen LogP contribution in [0.25, 0.3) is 0 Å². The highest BCUT2D eigenvalue weighted by Gasteiger charge is 2.01. The van der Waals surface area contributed by atoms with Gasteiger partial charge in [-0.3, -0.25) is 0 Å². The number of nitrogens with one attached hydrogen (secondary N) is 1. The van der Waals surface area contributed by atoms with Crippen molar-refractivity contribution in [3.8, 4) is 0 Å². The molecule has 0 fully saturated rings. The van der Waals surface area contributed by atoms with Crippen LogP contribution < -0.4 is 5.32 Å². The molecule has 3 nitrogen and oxygen atoms in total. The number of benzene rings is 1. The van der Waals surface area contributed by atoms with Crippen LogP contribution in [0.4, 0.5) is 0 Å². The average Bonchev–Trinajstić information content (AvgIpc) is 2.36. The Bertz CT molecular complexity index is 326. The monoisotopic (exact) mass is 251 g/mol. The molecule has 1 aromatic carbocycles. The van der Waals surface area contributed by atoms with Crippen molar-refractivity contribution in [2.45, 2.75) is 40.0 Å². The lowest BCUT2D eigenvalue weighted by Gasteiger charge is -2.11. The Morgan fingerprint density at radius 2 is 1.89 bits per heavy atom. The van der Waals surface area contributed by atoms with Crippen molar-refractivity contribution in [3.05, 3.63) is 35.4 Å². The molecule has 0 saturated carbocycles. The molecule has 0 amide bonds. The van der Waals surface area contributed by atoms with Crippen molar-refractivity contribution in [2.75, 3.05) is 19.8 Å². The third kappa shape index (κ3) is 6.15. The second kappa shape index (κ2) is 9.09. The fourth-order valence-corrected chi connectivity index (χ4v) is 1.67. The summed E-state index contributed by atoms with van der Waals surface area (Å²) in [4.78, 5) is 0. The molecule has 0 atom stereocenters. The Kier molecular flexibility index (Phi) is 7.65. The molecule has 0 aliphatic carbocycles. The van der Waals surface area contributed by atoms with Gasteiger partial charge in [-0.2, -0.15) is 0 Å². The lowest BCUT2D eigenvalue weighted by Crippen LogP contribution is -2.21. The molecule has 0 aliphatic rings. The van der Waals surface area contributed by atoms with Crippen molar-refractivity contribution in [2.24, 2.45) is 0 Å². The second-order valence-electron chi connectivity index (χ2n) is 4.50. The first-order valence-electron chi connectivity index (χ1n) is 6.71. The van der Waals surface area contributed by atoms with Gasteiger partial charge in [0.05, 0.1) is 19.3 Å². The number of rotatable bonds is 9. The minimum atomic E-state index is 0.303. The van der Waals surface area contributed by atoms with Gasteiger partial charge in [-0.1, -0.05) is 24.3 Å². The van der Waals surface area contributed by atoms with Crippen molar-refractivity contribution < 1.29 is 9.47 Å². The molecule has 1 N–H and O–H groups in total. The molecule has 0 saturated heterocycles. The van der Waals surface area contributed by atoms with Crippen LogP contribution in [0, 0.1) is 0 Å². The first-order valence-corrected chi connectivity index (χ1v) is 6.71. The maximum absolute atomic E-state index is 5.49. The highest BCUT2D eigenvalue weighted by Crippen LogP contribution is 2.09. The number of ether oxygens (including phenoxy) is 2. The highest BCUT2D eigenvalue weighted by molar-refractivity contribution is 5.26. The quantitative estimate of drug-likeness (QED) is 0.685. The van der Waals surface area contributed by atoms with Gasteiger partial charge in [0.25, 0.3) is 0 Å². The van der Waals surface area contributed by atoms with Crippen LogP contribution in [-0.4, -0.2) is 25.9 Å². The molecule has 1 rings (SSSR count). The summed E-state index contributed by atoms with van der Waals surface area (Å²) in [7, 11) is 0. The summed E-state index contributed by atoms with van der Waals surface area (Å²) in [5.41, 5.74) is 2.56. The number of hydrogen-bond acceptors (Lipinski definition) is 3. The maximum atomic E-state index is 5.49. The van der Waals surface area contributed by atoms with Crippen LogP contribution in [0.3, 0.4) is 0 Å². The van der Waals surface area contributed by atoms with E-state index in [1.54, 1.807) is 0 Å². The molecule has 0 unspecified atom stereocenters. The van der Waals surface area contributed by atoms with E-state index in [2.05, 4.69) is 43.4 Å². The normalized spacial score (nSPS) is 11.1. The van der Waals surface area contributed by atoms with E-state index >= 15 is 0 Å². The molecule has 0 spiro atoms. The summed E-state index contributed by atoms with van der Waals surface area (Å²) >= 11 is 0. The van der Waals surface area contributed by atoms with Gasteiger partial charge in [0.1, 0.15) is 0 Å². The van der Waals surface area contributed by atoms with E-state index in [0.717, 1.165) is 26.3 Å². The summed E-state index contributed by atoms with van der Waals surface area (Å²) in [6.45, 7) is 10.1. The van der Waals surface area contributed by atoms with Crippen LogP contribution in [0.1, 0.15) is 31.9 Å². The molecular formula is C15H25NO2. The predicted octanol–water partition coefficient (Wildman–Crippen LogP) is 2.74. The zero-order chi connectivity index (χ0) is 13.2. The molecule has 0 bridgehead atoms. The topological polar surface area (TPSA) is 30.5 Å². The van der Waals surface area contributed by atoms with Crippen molar-refractivity contribution >= 4 is 0 Å². The molecule has 0 radical (unpaired) electrons. The van der Waals surface area contributed by atoms with Crippen LogP contribution >= 0.6 is 0 Å². The molecule has 0 aliphatic heterocycles. The smallest absolute Gasteiger partial charge is 0.0719 e. The molecule has 1 aromatic rings. The maximum Gasteiger partial charge on any atom is 0.0719 e. The molecule has 18 heavy (non-hydrogen) atoms. The van der Waals surface area contributed by atoms with Gasteiger partial charge in [-0.05, 0) is 31.9 Å². The second-order valence-corrected chi connectivity index (χ2v) is 4.50. The van der Waals surface area contributed by atoms with Gasteiger partial charge in [0.15, 0.2) is 0 Å². The number of hydrogen-bond donors (Lipinski definition) is 1. The molecular weight excluding hydrogens is 226 g/mol. The molecule has 102 valence electrons. The fourth-order valence-electron chi connectivity index (χ4n) is 1.67. The SMILES string of the molecule is CCOCc1ccccc1CNCCOC(C)C. The summed E-state index contributed by atoms with van der Waals surface area (Å²) in [5, 5.41) is 3.39. The van der Waals surface area contributed by atoms with Crippen LogP contribution in [0.15, 0.2) is 24.3 Å². The Morgan fingerprint density at radius 1 is 1.17 bits per heavy atom. The lowest BCUT2D eigenvalue weighted by atomic mass is 10.1. The van der Waals surface area contributed by atoms with Gasteiger partial charge in [0, 0.05) is 19.7 Å². The van der Waals surface area contributed by atoms with Gasteiger partial charge in [-0.15, -0.1) is 0 Å². The van der Waals surface area contributed by atoms with Crippen LogP contribution in [0.5, 0.6) is 0 Å². The minimum Gasteiger partial charge on any atom is -0.377 e. The van der Waals surface area contributed by atoms with Crippen molar-refractivity contribution in [1.29, 1.82) is 0 Å². The highest BCUT2D eigenvalue weighted by atomic mass is 16.5. The molecule has 0 heterocycles. The average molecular weight is 251 g/mol. The summed E-state index contributed by atoms with van der Waals surface area (Å²) < 4.78 is 11.0. The zero-order valence-electron chi connectivity index (χ0n) is 11.7. The Labute approximate surface area is 110 Å². The first-order chi connectivity index (χ1) is 8.74. The zero-order valence-corrected chi connectivity index (χ0v) is 11.7. The Balaban J connectivity index is 2.32. The molecule has 3 heteroatoms. The van der Waals surface area contributed by atoms with Crippen LogP contribution in [-0.2, 0) is 22.6 Å². The summed E-state index contributed by atoms with van der Waals surface area (Å²) in [5.74, 6) is 0. The van der Waals surface area contributed by atoms with E-state index < -0.39 is 0 Å². The van der Waals surface area contributed by atoms with Gasteiger partial charge < -0.3 is 14.8 Å². The predicted molar refractivity (Wildman–Crippen MR) is 74.6 cm³/mol.